The largest absolute Gasteiger partial charge is 0.322 e. The summed E-state index contributed by atoms with van der Waals surface area (Å²) < 4.78 is 41.8. The van der Waals surface area contributed by atoms with Crippen LogP contribution in [0.25, 0.3) is 28.0 Å². The van der Waals surface area contributed by atoms with Crippen molar-refractivity contribution in [2.75, 3.05) is 18.4 Å². The van der Waals surface area contributed by atoms with E-state index in [-0.39, 0.29) is 11.4 Å². The van der Waals surface area contributed by atoms with Crippen molar-refractivity contribution in [3.05, 3.63) is 66.9 Å². The van der Waals surface area contributed by atoms with Crippen molar-refractivity contribution in [2.45, 2.75) is 5.92 Å². The first kappa shape index (κ1) is 19.0. The van der Waals surface area contributed by atoms with E-state index in [0.29, 0.717) is 11.0 Å². The molecule has 10 heteroatoms. The molecule has 5 rings (SSSR count). The van der Waals surface area contributed by atoms with Gasteiger partial charge in [0.15, 0.2) is 5.65 Å². The molecule has 0 unspecified atom stereocenters. The van der Waals surface area contributed by atoms with Crippen LogP contribution < -0.4 is 5.32 Å². The maximum Gasteiger partial charge on any atom is 0.322 e. The van der Waals surface area contributed by atoms with Gasteiger partial charge < -0.3 is 10.2 Å². The Labute approximate surface area is 174 Å². The minimum absolute atomic E-state index is 0.0872. The maximum atomic E-state index is 14.5. The molecule has 2 amide bonds. The Balaban J connectivity index is 1.43. The van der Waals surface area contributed by atoms with Gasteiger partial charge in [0, 0.05) is 35.2 Å². The summed E-state index contributed by atoms with van der Waals surface area (Å²) in [5, 5.41) is 7.49. The third kappa shape index (κ3) is 3.67. The molecule has 4 heterocycles. The molecule has 0 radical (unpaired) electrons. The lowest BCUT2D eigenvalue weighted by molar-refractivity contribution is -0.107. The van der Waals surface area contributed by atoms with E-state index in [2.05, 4.69) is 20.4 Å². The van der Waals surface area contributed by atoms with Gasteiger partial charge >= 0.3 is 6.03 Å². The third-order valence-electron chi connectivity index (χ3n) is 4.90. The zero-order valence-electron chi connectivity index (χ0n) is 16.0. The average Bonchev–Trinajstić information content (AvgIpc) is 3.17. The minimum Gasteiger partial charge on any atom is -0.312 e. The van der Waals surface area contributed by atoms with Crippen LogP contribution in [-0.2, 0) is 0 Å². The number of urea groups is 1. The topological polar surface area (TPSA) is 75.9 Å². The number of likely N-dealkylation sites (tertiary alicyclic amines) is 1. The van der Waals surface area contributed by atoms with E-state index in [1.54, 1.807) is 18.6 Å². The standard InChI is InChI=1S/C21H15F3N6O/c22-16-5-4-15(27-20(31)29-11-21(23,24)12-29)8-18(16)30-10-14-7-13(9-26-19(14)28-30)17-3-1-2-6-25-17/h1-10H,11-12H2,(H,27,31). The molecule has 1 fully saturated rings. The molecule has 0 spiro atoms. The van der Waals surface area contributed by atoms with Crippen LogP contribution in [0.3, 0.4) is 0 Å². The molecule has 31 heavy (non-hydrogen) atoms. The van der Waals surface area contributed by atoms with Crippen LogP contribution >= 0.6 is 0 Å². The van der Waals surface area contributed by atoms with E-state index >= 15 is 0 Å². The Bertz CT molecular complexity index is 1280. The molecule has 0 atom stereocenters. The maximum absolute atomic E-state index is 14.5. The van der Waals surface area contributed by atoms with Crippen LogP contribution in [0.15, 0.2) is 61.1 Å². The second kappa shape index (κ2) is 7.08. The van der Waals surface area contributed by atoms with E-state index in [9.17, 15) is 18.0 Å². The number of rotatable bonds is 3. The summed E-state index contributed by atoms with van der Waals surface area (Å²) in [5.41, 5.74) is 2.30. The smallest absolute Gasteiger partial charge is 0.312 e. The second-order valence-electron chi connectivity index (χ2n) is 7.23. The van der Waals surface area contributed by atoms with Crippen molar-refractivity contribution in [3.63, 3.8) is 0 Å². The monoisotopic (exact) mass is 424 g/mol. The van der Waals surface area contributed by atoms with Crippen LogP contribution in [0.5, 0.6) is 0 Å². The fourth-order valence-electron chi connectivity index (χ4n) is 3.34. The molecule has 1 saturated heterocycles. The molecular formula is C21H15F3N6O. The van der Waals surface area contributed by atoms with Gasteiger partial charge in [-0.15, -0.1) is 5.10 Å². The molecule has 156 valence electrons. The Kier molecular flexibility index (Phi) is 4.35. The number of benzene rings is 1. The lowest BCUT2D eigenvalue weighted by atomic mass is 10.1. The highest BCUT2D eigenvalue weighted by atomic mass is 19.3. The fraction of sp³-hybridized carbons (Fsp3) is 0.143. The molecule has 3 aromatic heterocycles. The first-order valence-electron chi connectivity index (χ1n) is 9.38. The van der Waals surface area contributed by atoms with Crippen molar-refractivity contribution < 1.29 is 18.0 Å². The lowest BCUT2D eigenvalue weighted by Crippen LogP contribution is -2.59. The van der Waals surface area contributed by atoms with Gasteiger partial charge in [-0.05, 0) is 36.4 Å². The van der Waals surface area contributed by atoms with Crippen molar-refractivity contribution >= 4 is 22.8 Å². The number of anilines is 1. The molecule has 4 aromatic rings. The number of amides is 2. The first-order valence-corrected chi connectivity index (χ1v) is 9.38. The number of hydrogen-bond acceptors (Lipinski definition) is 4. The first-order chi connectivity index (χ1) is 14.9. The zero-order valence-corrected chi connectivity index (χ0v) is 16.0. The normalized spacial score (nSPS) is 15.0. The van der Waals surface area contributed by atoms with E-state index in [4.69, 9.17) is 0 Å². The van der Waals surface area contributed by atoms with Crippen molar-refractivity contribution in [1.29, 1.82) is 0 Å². The number of fused-ring (bicyclic) bond motifs is 1. The summed E-state index contributed by atoms with van der Waals surface area (Å²) in [6.45, 7) is -1.27. The van der Waals surface area contributed by atoms with E-state index in [1.807, 2.05) is 24.3 Å². The van der Waals surface area contributed by atoms with E-state index < -0.39 is 30.9 Å². The lowest BCUT2D eigenvalue weighted by Gasteiger charge is -2.38. The number of alkyl halides is 2. The summed E-state index contributed by atoms with van der Waals surface area (Å²) in [7, 11) is 0. The van der Waals surface area contributed by atoms with Gasteiger partial charge in [0.25, 0.3) is 5.92 Å². The van der Waals surface area contributed by atoms with Gasteiger partial charge in [-0.25, -0.2) is 27.6 Å². The van der Waals surface area contributed by atoms with Crippen LogP contribution in [0.2, 0.25) is 0 Å². The molecule has 1 N–H and O–H groups in total. The molecule has 0 bridgehead atoms. The van der Waals surface area contributed by atoms with E-state index in [0.717, 1.165) is 16.2 Å². The molecule has 0 saturated carbocycles. The van der Waals surface area contributed by atoms with E-state index in [1.165, 1.54) is 22.9 Å². The predicted octanol–water partition coefficient (Wildman–Crippen LogP) is 4.10. The van der Waals surface area contributed by atoms with Gasteiger partial charge in [0.05, 0.1) is 18.8 Å². The van der Waals surface area contributed by atoms with Gasteiger partial charge in [0.1, 0.15) is 11.5 Å². The fourth-order valence-corrected chi connectivity index (χ4v) is 3.34. The number of halogens is 3. The number of carbonyl (C=O) groups excluding carboxylic acids is 1. The number of nitrogens with zero attached hydrogens (tertiary/aromatic N) is 5. The molecule has 0 aliphatic carbocycles. The molecule has 1 aliphatic heterocycles. The third-order valence-corrected chi connectivity index (χ3v) is 4.90. The van der Waals surface area contributed by atoms with Crippen molar-refractivity contribution in [3.8, 4) is 16.9 Å². The quantitative estimate of drug-likeness (QED) is 0.537. The molecule has 7 nitrogen and oxygen atoms in total. The summed E-state index contributed by atoms with van der Waals surface area (Å²) in [6, 6.07) is 10.6. The van der Waals surface area contributed by atoms with Crippen LogP contribution in [0.4, 0.5) is 23.7 Å². The number of aromatic nitrogens is 4. The number of hydrogen-bond donors (Lipinski definition) is 1. The van der Waals surface area contributed by atoms with Crippen molar-refractivity contribution in [1.82, 2.24) is 24.6 Å². The molecule has 1 aromatic carbocycles. The van der Waals surface area contributed by atoms with Gasteiger partial charge in [-0.3, -0.25) is 4.98 Å². The summed E-state index contributed by atoms with van der Waals surface area (Å²) in [6.07, 6.45) is 4.94. The molecule has 1 aliphatic rings. The highest BCUT2D eigenvalue weighted by Gasteiger charge is 2.46. The number of nitrogens with one attached hydrogen (secondary N) is 1. The van der Waals surface area contributed by atoms with Crippen LogP contribution in [0.1, 0.15) is 0 Å². The van der Waals surface area contributed by atoms with Crippen molar-refractivity contribution in [2.24, 2.45) is 0 Å². The van der Waals surface area contributed by atoms with Crippen LogP contribution in [-0.4, -0.2) is 49.7 Å². The van der Waals surface area contributed by atoms with Gasteiger partial charge in [-0.1, -0.05) is 6.07 Å². The average molecular weight is 424 g/mol. The summed E-state index contributed by atoms with van der Waals surface area (Å²) in [4.78, 5) is 21.7. The highest BCUT2D eigenvalue weighted by molar-refractivity contribution is 5.90. The number of carbonyl (C=O) groups is 1. The predicted molar refractivity (Wildman–Crippen MR) is 108 cm³/mol. The van der Waals surface area contributed by atoms with Gasteiger partial charge in [0.2, 0.25) is 0 Å². The minimum atomic E-state index is -2.86. The molecular weight excluding hydrogens is 409 g/mol. The highest BCUT2D eigenvalue weighted by Crippen LogP contribution is 2.28. The Morgan fingerprint density at radius 1 is 1.10 bits per heavy atom. The SMILES string of the molecule is O=C(Nc1ccc(F)c(-n2cc3cc(-c4ccccn4)cnc3n2)c1)N1CC(F)(F)C1. The van der Waals surface area contributed by atoms with Crippen LogP contribution in [0, 0.1) is 5.82 Å². The Morgan fingerprint density at radius 2 is 1.94 bits per heavy atom. The second-order valence-corrected chi connectivity index (χ2v) is 7.23. The summed E-state index contributed by atoms with van der Waals surface area (Å²) >= 11 is 0. The van der Waals surface area contributed by atoms with Gasteiger partial charge in [-0.2, -0.15) is 0 Å². The Morgan fingerprint density at radius 3 is 2.68 bits per heavy atom. The Hall–Kier alpha value is -3.95. The zero-order chi connectivity index (χ0) is 21.6. The number of pyridine rings is 2. The summed E-state index contributed by atoms with van der Waals surface area (Å²) in [5.74, 6) is -3.42.